The number of benzene rings is 2. The zero-order chi connectivity index (χ0) is 21.8. The van der Waals surface area contributed by atoms with Crippen molar-refractivity contribution in [2.24, 2.45) is 0 Å². The SMILES string of the molecule is CCc1c(OC)cccc1C(=O)NN(C(=O)c1cc(C)cc(C=O)c1)C(C)(C)C. The van der Waals surface area contributed by atoms with Crippen molar-refractivity contribution in [1.29, 1.82) is 0 Å². The number of aryl methyl sites for hydroxylation is 1. The van der Waals surface area contributed by atoms with Crippen molar-refractivity contribution in [2.75, 3.05) is 7.11 Å². The lowest BCUT2D eigenvalue weighted by molar-refractivity contribution is 0.0358. The molecule has 154 valence electrons. The Labute approximate surface area is 171 Å². The van der Waals surface area contributed by atoms with Crippen LogP contribution in [0.15, 0.2) is 36.4 Å². The second kappa shape index (κ2) is 8.90. The Morgan fingerprint density at radius 1 is 1.17 bits per heavy atom. The first kappa shape index (κ1) is 22.1. The van der Waals surface area contributed by atoms with Gasteiger partial charge in [-0.2, -0.15) is 0 Å². The number of carbonyl (C=O) groups is 3. The first-order valence-corrected chi connectivity index (χ1v) is 9.50. The summed E-state index contributed by atoms with van der Waals surface area (Å²) in [6, 6.07) is 10.2. The van der Waals surface area contributed by atoms with E-state index in [0.29, 0.717) is 35.1 Å². The molecule has 1 N–H and O–H groups in total. The Kier molecular flexibility index (Phi) is 6.80. The van der Waals surface area contributed by atoms with E-state index in [4.69, 9.17) is 4.74 Å². The molecule has 0 saturated carbocycles. The predicted octanol–water partition coefficient (Wildman–Crippen LogP) is 3.96. The van der Waals surface area contributed by atoms with Gasteiger partial charge in [-0.15, -0.1) is 0 Å². The van der Waals surface area contributed by atoms with Crippen LogP contribution in [0.25, 0.3) is 0 Å². The zero-order valence-electron chi connectivity index (χ0n) is 17.8. The first-order chi connectivity index (χ1) is 13.6. The quantitative estimate of drug-likeness (QED) is 0.613. The lowest BCUT2D eigenvalue weighted by atomic mass is 10.0. The van der Waals surface area contributed by atoms with Crippen LogP contribution >= 0.6 is 0 Å². The number of methoxy groups -OCH3 is 1. The van der Waals surface area contributed by atoms with E-state index in [2.05, 4.69) is 5.43 Å². The number of carbonyl (C=O) groups excluding carboxylic acids is 3. The summed E-state index contributed by atoms with van der Waals surface area (Å²) in [4.78, 5) is 37.5. The standard InChI is InChI=1S/C23H28N2O4/c1-7-18-19(9-8-10-20(18)29-6)21(27)24-25(23(3,4)5)22(28)17-12-15(2)11-16(13-17)14-26/h8-14H,7H2,1-6H3,(H,24,27). The number of nitrogens with one attached hydrogen (secondary N) is 1. The number of hydrogen-bond donors (Lipinski definition) is 1. The van der Waals surface area contributed by atoms with Crippen LogP contribution in [0.2, 0.25) is 0 Å². The Morgan fingerprint density at radius 2 is 1.86 bits per heavy atom. The number of nitrogens with zero attached hydrogens (tertiary/aromatic N) is 1. The Hall–Kier alpha value is -3.15. The number of amides is 2. The second-order valence-corrected chi connectivity index (χ2v) is 7.84. The molecule has 0 heterocycles. The molecule has 0 aliphatic carbocycles. The lowest BCUT2D eigenvalue weighted by Gasteiger charge is -2.35. The molecule has 0 bridgehead atoms. The summed E-state index contributed by atoms with van der Waals surface area (Å²) in [6.45, 7) is 9.23. The first-order valence-electron chi connectivity index (χ1n) is 9.50. The zero-order valence-corrected chi connectivity index (χ0v) is 17.8. The molecule has 0 spiro atoms. The van der Waals surface area contributed by atoms with Crippen LogP contribution in [0.4, 0.5) is 0 Å². The highest BCUT2D eigenvalue weighted by Gasteiger charge is 2.30. The van der Waals surface area contributed by atoms with Gasteiger partial charge in [0.2, 0.25) is 0 Å². The molecular weight excluding hydrogens is 368 g/mol. The van der Waals surface area contributed by atoms with Crippen LogP contribution in [-0.4, -0.2) is 35.8 Å². The molecule has 0 unspecified atom stereocenters. The monoisotopic (exact) mass is 396 g/mol. The fraction of sp³-hybridized carbons (Fsp3) is 0.348. The number of hydrogen-bond acceptors (Lipinski definition) is 4. The van der Waals surface area contributed by atoms with Gasteiger partial charge in [-0.1, -0.05) is 13.0 Å². The summed E-state index contributed by atoms with van der Waals surface area (Å²) in [5.74, 6) is -0.158. The maximum absolute atomic E-state index is 13.2. The molecule has 0 aliphatic rings. The summed E-state index contributed by atoms with van der Waals surface area (Å²) in [5.41, 5.74) is 4.83. The van der Waals surface area contributed by atoms with Crippen molar-refractivity contribution < 1.29 is 19.1 Å². The van der Waals surface area contributed by atoms with E-state index in [1.165, 1.54) is 11.1 Å². The van der Waals surface area contributed by atoms with Gasteiger partial charge in [0.1, 0.15) is 12.0 Å². The molecule has 0 fully saturated rings. The van der Waals surface area contributed by atoms with Crippen molar-refractivity contribution >= 4 is 18.1 Å². The highest BCUT2D eigenvalue weighted by Crippen LogP contribution is 2.24. The average molecular weight is 396 g/mol. The van der Waals surface area contributed by atoms with Gasteiger partial charge in [0.05, 0.1) is 12.6 Å². The van der Waals surface area contributed by atoms with Crippen molar-refractivity contribution in [3.8, 4) is 5.75 Å². The molecular formula is C23H28N2O4. The predicted molar refractivity (Wildman–Crippen MR) is 112 cm³/mol. The Balaban J connectivity index is 2.43. The fourth-order valence-corrected chi connectivity index (χ4v) is 3.15. The van der Waals surface area contributed by atoms with Crippen LogP contribution < -0.4 is 10.2 Å². The molecule has 0 aromatic heterocycles. The molecule has 0 saturated heterocycles. The summed E-state index contributed by atoms with van der Waals surface area (Å²) in [6.07, 6.45) is 1.31. The van der Waals surface area contributed by atoms with Crippen LogP contribution in [0.3, 0.4) is 0 Å². The minimum Gasteiger partial charge on any atom is -0.496 e. The molecule has 0 radical (unpaired) electrons. The maximum Gasteiger partial charge on any atom is 0.272 e. The van der Waals surface area contributed by atoms with E-state index in [1.54, 1.807) is 37.4 Å². The normalized spacial score (nSPS) is 11.0. The van der Waals surface area contributed by atoms with Crippen molar-refractivity contribution in [1.82, 2.24) is 10.4 Å². The number of hydrazine groups is 1. The highest BCUT2D eigenvalue weighted by molar-refractivity contribution is 6.01. The third-order valence-electron chi connectivity index (χ3n) is 4.52. The molecule has 6 nitrogen and oxygen atoms in total. The largest absolute Gasteiger partial charge is 0.496 e. The van der Waals surface area contributed by atoms with Crippen molar-refractivity contribution in [3.05, 3.63) is 64.2 Å². The van der Waals surface area contributed by atoms with Gasteiger partial charge in [0, 0.05) is 22.3 Å². The second-order valence-electron chi connectivity index (χ2n) is 7.84. The maximum atomic E-state index is 13.2. The number of rotatable bonds is 5. The average Bonchev–Trinajstić information content (AvgIpc) is 2.69. The number of ether oxygens (including phenoxy) is 1. The fourth-order valence-electron chi connectivity index (χ4n) is 3.15. The minimum absolute atomic E-state index is 0.337. The van der Waals surface area contributed by atoms with E-state index < -0.39 is 17.4 Å². The molecule has 29 heavy (non-hydrogen) atoms. The van der Waals surface area contributed by atoms with E-state index in [1.807, 2.05) is 34.6 Å². The third kappa shape index (κ3) is 5.02. The van der Waals surface area contributed by atoms with E-state index >= 15 is 0 Å². The number of aldehydes is 1. The van der Waals surface area contributed by atoms with E-state index in [0.717, 1.165) is 11.1 Å². The van der Waals surface area contributed by atoms with E-state index in [-0.39, 0.29) is 0 Å². The van der Waals surface area contributed by atoms with Gasteiger partial charge in [0.25, 0.3) is 11.8 Å². The van der Waals surface area contributed by atoms with Gasteiger partial charge in [-0.25, -0.2) is 5.01 Å². The lowest BCUT2D eigenvalue weighted by Crippen LogP contribution is -2.56. The van der Waals surface area contributed by atoms with Crippen LogP contribution in [0.5, 0.6) is 5.75 Å². The van der Waals surface area contributed by atoms with Gasteiger partial charge >= 0.3 is 0 Å². The molecule has 0 aliphatic heterocycles. The topological polar surface area (TPSA) is 75.7 Å². The Morgan fingerprint density at radius 3 is 2.41 bits per heavy atom. The summed E-state index contributed by atoms with van der Waals surface area (Å²) >= 11 is 0. The van der Waals surface area contributed by atoms with E-state index in [9.17, 15) is 14.4 Å². The Bertz CT molecular complexity index is 929. The molecule has 2 aromatic carbocycles. The molecule has 6 heteroatoms. The minimum atomic E-state index is -0.691. The summed E-state index contributed by atoms with van der Waals surface area (Å²) < 4.78 is 5.36. The molecule has 2 aromatic rings. The van der Waals surface area contributed by atoms with Crippen molar-refractivity contribution in [2.45, 2.75) is 46.6 Å². The molecule has 2 rings (SSSR count). The van der Waals surface area contributed by atoms with Gasteiger partial charge in [-0.05, 0) is 70.0 Å². The summed E-state index contributed by atoms with van der Waals surface area (Å²) in [5, 5.41) is 1.30. The van der Waals surface area contributed by atoms with Gasteiger partial charge in [-0.3, -0.25) is 19.8 Å². The van der Waals surface area contributed by atoms with Crippen molar-refractivity contribution in [3.63, 3.8) is 0 Å². The highest BCUT2D eigenvalue weighted by atomic mass is 16.5. The summed E-state index contributed by atoms with van der Waals surface area (Å²) in [7, 11) is 1.56. The molecule has 0 atom stereocenters. The molecule has 2 amide bonds. The third-order valence-corrected chi connectivity index (χ3v) is 4.52. The van der Waals surface area contributed by atoms with Crippen LogP contribution in [0, 0.1) is 6.92 Å². The smallest absolute Gasteiger partial charge is 0.272 e. The van der Waals surface area contributed by atoms with Crippen LogP contribution in [-0.2, 0) is 6.42 Å². The van der Waals surface area contributed by atoms with Gasteiger partial charge < -0.3 is 4.74 Å². The van der Waals surface area contributed by atoms with Crippen LogP contribution in [0.1, 0.15) is 69.9 Å². The van der Waals surface area contributed by atoms with Gasteiger partial charge in [0.15, 0.2) is 0 Å².